The Morgan fingerprint density at radius 1 is 0.536 bits per heavy atom. The lowest BCUT2D eigenvalue weighted by atomic mass is 9.99. The van der Waals surface area contributed by atoms with Gasteiger partial charge < -0.3 is 66.7 Å². The van der Waals surface area contributed by atoms with E-state index in [2.05, 4.69) is 41.6 Å². The molecule has 21 nitrogen and oxygen atoms in total. The number of carbonyl (C=O) groups is 6. The van der Waals surface area contributed by atoms with Crippen LogP contribution in [0.2, 0.25) is 0 Å². The van der Waals surface area contributed by atoms with E-state index in [1.54, 1.807) is 38.1 Å². The third-order valence-electron chi connectivity index (χ3n) is 10.1. The van der Waals surface area contributed by atoms with Crippen molar-refractivity contribution in [3.05, 3.63) is 107 Å². The van der Waals surface area contributed by atoms with Crippen LogP contribution in [0, 0.1) is 17.6 Å². The molecule has 372 valence electrons. The van der Waals surface area contributed by atoms with Crippen molar-refractivity contribution in [2.45, 2.75) is 89.0 Å². The lowest BCUT2D eigenvalue weighted by molar-refractivity contribution is -0.135. The number of hydrogen-bond acceptors (Lipinski definition) is 9. The number of primary amides is 1. The van der Waals surface area contributed by atoms with E-state index in [0.717, 1.165) is 6.08 Å². The maximum atomic E-state index is 14.5. The summed E-state index contributed by atoms with van der Waals surface area (Å²) in [6.45, 7) is 3.85. The van der Waals surface area contributed by atoms with Crippen LogP contribution in [-0.4, -0.2) is 96.6 Å². The molecular formula is C46H63F2N15O6. The van der Waals surface area contributed by atoms with Crippen molar-refractivity contribution < 1.29 is 37.5 Å². The fraction of sp³-hybridized carbons (Fsp3) is 0.370. The molecule has 0 aliphatic heterocycles. The zero-order valence-electron chi connectivity index (χ0n) is 38.5. The number of carbonyl (C=O) groups excluding carboxylic acids is 6. The van der Waals surface area contributed by atoms with Crippen LogP contribution in [0.3, 0.4) is 0 Å². The number of rotatable bonds is 27. The predicted octanol–water partition coefficient (Wildman–Crippen LogP) is -0.569. The number of nitrogens with one attached hydrogen (secondary N) is 5. The van der Waals surface area contributed by atoms with Gasteiger partial charge in [0.05, 0.1) is 5.69 Å². The largest absolute Gasteiger partial charge is 0.370 e. The van der Waals surface area contributed by atoms with Crippen LogP contribution >= 0.6 is 0 Å². The Bertz CT molecular complexity index is 2310. The van der Waals surface area contributed by atoms with Crippen LogP contribution in [0.5, 0.6) is 0 Å². The van der Waals surface area contributed by atoms with E-state index in [1.165, 1.54) is 54.6 Å². The number of nitrogens with zero attached hydrogens (tertiary/aromatic N) is 3. The van der Waals surface area contributed by atoms with Gasteiger partial charge in [0.2, 0.25) is 35.4 Å². The fourth-order valence-electron chi connectivity index (χ4n) is 6.69. The van der Waals surface area contributed by atoms with E-state index in [-0.39, 0.29) is 81.8 Å². The fourth-order valence-corrected chi connectivity index (χ4v) is 6.69. The summed E-state index contributed by atoms with van der Waals surface area (Å²) in [5.41, 5.74) is 40.3. The molecule has 69 heavy (non-hydrogen) atoms. The van der Waals surface area contributed by atoms with Gasteiger partial charge >= 0.3 is 0 Å². The van der Waals surface area contributed by atoms with Gasteiger partial charge in [0.1, 0.15) is 41.8 Å². The van der Waals surface area contributed by atoms with Crippen LogP contribution in [0.25, 0.3) is 6.08 Å². The Morgan fingerprint density at radius 2 is 0.957 bits per heavy atom. The van der Waals surface area contributed by atoms with Gasteiger partial charge in [0.15, 0.2) is 17.9 Å². The van der Waals surface area contributed by atoms with E-state index < -0.39 is 77.3 Å². The average Bonchev–Trinajstić information content (AvgIpc) is 3.28. The third-order valence-corrected chi connectivity index (χ3v) is 10.1. The molecule has 23 heteroatoms. The van der Waals surface area contributed by atoms with E-state index in [9.17, 15) is 37.5 Å². The van der Waals surface area contributed by atoms with Gasteiger partial charge in [-0.1, -0.05) is 50.2 Å². The van der Waals surface area contributed by atoms with E-state index in [4.69, 9.17) is 40.1 Å². The normalized spacial score (nSPS) is 13.1. The molecule has 3 aromatic rings. The quantitative estimate of drug-likeness (QED) is 0.0198. The molecule has 0 radical (unpaired) electrons. The molecule has 3 aromatic carbocycles. The summed E-state index contributed by atoms with van der Waals surface area (Å²) < 4.78 is 27.4. The minimum Gasteiger partial charge on any atom is -0.370 e. The molecular weight excluding hydrogens is 897 g/mol. The standard InChI is InChI=1S/C46H63F2N15O6/c1-26(2)23-35(41(67)61-34(6-4-22-57-45(52)53)40(66)60-33(39(49)65)5-3-21-56-44(50)51)62-43(69)37(25-29-11-18-32(19-12-29)58-46(54)55)63-42(68)36(24-28-9-16-31(48)17-10-28)59-38(64)20-13-27-7-14-30(47)15-8-27/h7-20,26,33-37H,3-6,21-25H2,1-2H3,(H2,49,65)(H,59,64)(H,60,66)(H,61,67)(H,62,69)(H,63,68)(H4,50,51,56)(H4,52,53,57)(H4,54,55,58)/b20-13+/t33-,34-,35-,36-,37-/m0/s1. The first-order valence-corrected chi connectivity index (χ1v) is 22.0. The molecule has 0 spiro atoms. The van der Waals surface area contributed by atoms with E-state index in [0.29, 0.717) is 22.4 Å². The highest BCUT2D eigenvalue weighted by Crippen LogP contribution is 2.16. The number of hydrogen-bond donors (Lipinski definition) is 12. The van der Waals surface area contributed by atoms with Gasteiger partial charge in [-0.2, -0.15) is 0 Å². The summed E-state index contributed by atoms with van der Waals surface area (Å²) >= 11 is 0. The minimum absolute atomic E-state index is 0.00897. The van der Waals surface area contributed by atoms with Gasteiger partial charge in [0, 0.05) is 32.0 Å². The molecule has 0 heterocycles. The maximum absolute atomic E-state index is 14.5. The second-order valence-corrected chi connectivity index (χ2v) is 16.4. The Balaban J connectivity index is 1.97. The first kappa shape index (κ1) is 55.2. The molecule has 6 amide bonds. The van der Waals surface area contributed by atoms with Gasteiger partial charge in [-0.25, -0.2) is 13.8 Å². The molecule has 3 rings (SSSR count). The maximum Gasteiger partial charge on any atom is 0.244 e. The molecule has 0 aromatic heterocycles. The Labute approximate surface area is 398 Å². The van der Waals surface area contributed by atoms with Crippen molar-refractivity contribution in [1.29, 1.82) is 0 Å². The lowest BCUT2D eigenvalue weighted by Gasteiger charge is -2.28. The number of benzene rings is 3. The molecule has 0 unspecified atom stereocenters. The topological polar surface area (TPSA) is 382 Å². The minimum atomic E-state index is -1.40. The Morgan fingerprint density at radius 3 is 1.45 bits per heavy atom. The zero-order valence-corrected chi connectivity index (χ0v) is 38.5. The summed E-state index contributed by atoms with van der Waals surface area (Å²) in [4.78, 5) is 94.2. The molecule has 0 fully saturated rings. The molecule has 5 atom stereocenters. The SMILES string of the molecule is CC(C)C[C@H](NC(=O)[C@H](Cc1ccc(N=C(N)N)cc1)NC(=O)[C@H](Cc1ccc(F)cc1)NC(=O)/C=C/c1ccc(F)cc1)C(=O)N[C@@H](CCCN=C(N)N)C(=O)N[C@@H](CCCN=C(N)N)C(N)=O. The smallest absolute Gasteiger partial charge is 0.244 e. The van der Waals surface area contributed by atoms with Crippen molar-refractivity contribution in [3.8, 4) is 0 Å². The first-order valence-electron chi connectivity index (χ1n) is 22.0. The van der Waals surface area contributed by atoms with Gasteiger partial charge in [-0.15, -0.1) is 0 Å². The number of nitrogens with two attached hydrogens (primary N) is 7. The highest BCUT2D eigenvalue weighted by Gasteiger charge is 2.33. The highest BCUT2D eigenvalue weighted by molar-refractivity contribution is 5.98. The monoisotopic (exact) mass is 960 g/mol. The van der Waals surface area contributed by atoms with E-state index in [1.807, 2.05) is 0 Å². The molecule has 0 aliphatic carbocycles. The van der Waals surface area contributed by atoms with Gasteiger partial charge in [-0.3, -0.25) is 38.8 Å². The van der Waals surface area contributed by atoms with Gasteiger partial charge in [0.25, 0.3) is 0 Å². The van der Waals surface area contributed by atoms with Crippen molar-refractivity contribution in [3.63, 3.8) is 0 Å². The number of aliphatic imine (C=N–C) groups is 3. The summed E-state index contributed by atoms with van der Waals surface area (Å²) in [5.74, 6) is -6.46. The Hall–Kier alpha value is -8.11. The third kappa shape index (κ3) is 21.4. The Kier molecular flexibility index (Phi) is 22.5. The summed E-state index contributed by atoms with van der Waals surface area (Å²) in [6.07, 6.45) is 2.88. The lowest BCUT2D eigenvalue weighted by Crippen LogP contribution is -2.59. The van der Waals surface area contributed by atoms with Crippen LogP contribution in [0.4, 0.5) is 14.5 Å². The average molecular weight is 960 g/mol. The van der Waals surface area contributed by atoms with Crippen molar-refractivity contribution in [2.75, 3.05) is 13.1 Å². The first-order chi connectivity index (χ1) is 32.7. The van der Waals surface area contributed by atoms with Crippen molar-refractivity contribution >= 4 is 65.1 Å². The van der Waals surface area contributed by atoms with Crippen molar-refractivity contribution in [2.24, 2.45) is 61.0 Å². The van der Waals surface area contributed by atoms with E-state index >= 15 is 0 Å². The van der Waals surface area contributed by atoms with Crippen LogP contribution in [-0.2, 0) is 41.6 Å². The van der Waals surface area contributed by atoms with Crippen LogP contribution < -0.4 is 66.7 Å². The second kappa shape index (κ2) is 28.2. The number of guanidine groups is 3. The highest BCUT2D eigenvalue weighted by atomic mass is 19.1. The molecule has 0 aliphatic rings. The molecule has 0 bridgehead atoms. The number of halogens is 2. The molecule has 19 N–H and O–H groups in total. The molecule has 0 saturated heterocycles. The van der Waals surface area contributed by atoms with Crippen LogP contribution in [0.1, 0.15) is 62.6 Å². The second-order valence-electron chi connectivity index (χ2n) is 16.4. The summed E-state index contributed by atoms with van der Waals surface area (Å²) in [6, 6.07) is 10.5. The molecule has 0 saturated carbocycles. The van der Waals surface area contributed by atoms with Gasteiger partial charge in [-0.05, 0) is 97.2 Å². The summed E-state index contributed by atoms with van der Waals surface area (Å²) in [5, 5.41) is 13.4. The summed E-state index contributed by atoms with van der Waals surface area (Å²) in [7, 11) is 0. The van der Waals surface area contributed by atoms with Crippen LogP contribution in [0.15, 0.2) is 93.8 Å². The number of amides is 6. The van der Waals surface area contributed by atoms with Crippen molar-refractivity contribution in [1.82, 2.24) is 26.6 Å². The zero-order chi connectivity index (χ0) is 51.0. The predicted molar refractivity (Wildman–Crippen MR) is 259 cm³/mol.